The number of H-pyrrole nitrogens is 1. The molecule has 0 saturated carbocycles. The van der Waals surface area contributed by atoms with Crippen molar-refractivity contribution >= 4 is 17.7 Å². The van der Waals surface area contributed by atoms with Crippen LogP contribution in [0, 0.1) is 0 Å². The largest absolute Gasteiger partial charge is 0.489 e. The van der Waals surface area contributed by atoms with E-state index in [2.05, 4.69) is 34.4 Å². The molecule has 0 aliphatic rings. The van der Waals surface area contributed by atoms with E-state index in [-0.39, 0.29) is 42.6 Å². The van der Waals surface area contributed by atoms with E-state index in [4.69, 9.17) is 4.74 Å². The summed E-state index contributed by atoms with van der Waals surface area (Å²) in [5, 5.41) is 5.75. The minimum Gasteiger partial charge on any atom is -0.489 e. The predicted molar refractivity (Wildman–Crippen MR) is 165 cm³/mol. The Kier molecular flexibility index (Phi) is 10.7. The molecule has 224 valence electrons. The van der Waals surface area contributed by atoms with E-state index >= 15 is 0 Å². The van der Waals surface area contributed by atoms with E-state index in [1.54, 1.807) is 6.20 Å². The van der Waals surface area contributed by atoms with Crippen LogP contribution in [-0.4, -0.2) is 51.7 Å². The molecule has 0 unspecified atom stereocenters. The lowest BCUT2D eigenvalue weighted by Gasteiger charge is -2.29. The Balaban J connectivity index is 1.47. The quantitative estimate of drug-likeness (QED) is 0.207. The summed E-state index contributed by atoms with van der Waals surface area (Å²) in [6, 6.07) is 26.4. The van der Waals surface area contributed by atoms with Crippen molar-refractivity contribution in [2.24, 2.45) is 0 Å². The monoisotopic (exact) mass is 581 g/mol. The van der Waals surface area contributed by atoms with E-state index < -0.39 is 6.04 Å². The van der Waals surface area contributed by atoms with Gasteiger partial charge in [0.15, 0.2) is 0 Å². The summed E-state index contributed by atoms with van der Waals surface area (Å²) in [6.07, 6.45) is 3.34. The van der Waals surface area contributed by atoms with Gasteiger partial charge in [0.1, 0.15) is 18.4 Å². The molecule has 1 heterocycles. The smallest absolute Gasteiger partial charge is 0.246 e. The molecule has 9 nitrogen and oxygen atoms in total. The normalized spacial score (nSPS) is 11.8. The Hall–Kier alpha value is -4.92. The zero-order valence-electron chi connectivity index (χ0n) is 24.9. The van der Waals surface area contributed by atoms with Crippen molar-refractivity contribution < 1.29 is 19.1 Å². The molecule has 0 radical (unpaired) electrons. The van der Waals surface area contributed by atoms with Crippen LogP contribution in [0.4, 0.5) is 0 Å². The van der Waals surface area contributed by atoms with Crippen LogP contribution in [0.2, 0.25) is 0 Å². The predicted octanol–water partition coefficient (Wildman–Crippen LogP) is 4.16. The number of nitrogens with zero attached hydrogens (tertiary/aromatic N) is 2. The number of aromatic amines is 1. The van der Waals surface area contributed by atoms with Gasteiger partial charge in [0.05, 0.1) is 12.9 Å². The third-order valence-corrected chi connectivity index (χ3v) is 7.13. The Labute approximate surface area is 252 Å². The Morgan fingerprint density at radius 3 is 2.23 bits per heavy atom. The van der Waals surface area contributed by atoms with Gasteiger partial charge in [0.2, 0.25) is 17.7 Å². The summed E-state index contributed by atoms with van der Waals surface area (Å²) in [5.74, 6) is -0.302. The van der Waals surface area contributed by atoms with Gasteiger partial charge in [-0.05, 0) is 28.8 Å². The van der Waals surface area contributed by atoms with Crippen LogP contribution in [0.15, 0.2) is 97.5 Å². The third-order valence-electron chi connectivity index (χ3n) is 7.13. The molecule has 0 saturated heterocycles. The lowest BCUT2D eigenvalue weighted by atomic mass is 9.84. The van der Waals surface area contributed by atoms with Crippen LogP contribution in [0.1, 0.15) is 43.2 Å². The molecular formula is C34H39N5O4. The second-order valence-electron chi connectivity index (χ2n) is 11.2. The summed E-state index contributed by atoms with van der Waals surface area (Å²) < 4.78 is 5.90. The van der Waals surface area contributed by atoms with Gasteiger partial charge in [-0.1, -0.05) is 86.6 Å². The number of aromatic nitrogens is 2. The number of rotatable bonds is 14. The molecule has 1 aromatic heterocycles. The van der Waals surface area contributed by atoms with Crippen molar-refractivity contribution in [3.8, 4) is 5.75 Å². The Morgan fingerprint density at radius 1 is 0.930 bits per heavy atom. The molecule has 0 fully saturated rings. The van der Waals surface area contributed by atoms with Crippen LogP contribution < -0.4 is 15.4 Å². The van der Waals surface area contributed by atoms with E-state index in [0.29, 0.717) is 24.6 Å². The van der Waals surface area contributed by atoms with Crippen LogP contribution >= 0.6 is 0 Å². The van der Waals surface area contributed by atoms with Gasteiger partial charge in [0.25, 0.3) is 0 Å². The van der Waals surface area contributed by atoms with Crippen molar-refractivity contribution in [2.45, 2.75) is 51.8 Å². The van der Waals surface area contributed by atoms with Gasteiger partial charge >= 0.3 is 0 Å². The fraction of sp³-hybridized carbons (Fsp3) is 0.294. The first-order valence-corrected chi connectivity index (χ1v) is 14.3. The molecule has 4 aromatic rings. The van der Waals surface area contributed by atoms with Gasteiger partial charge < -0.3 is 25.3 Å². The molecule has 43 heavy (non-hydrogen) atoms. The highest BCUT2D eigenvalue weighted by atomic mass is 16.5. The van der Waals surface area contributed by atoms with E-state index in [9.17, 15) is 14.4 Å². The van der Waals surface area contributed by atoms with Crippen LogP contribution in [0.25, 0.3) is 0 Å². The summed E-state index contributed by atoms with van der Waals surface area (Å²) in [6.45, 7) is 6.32. The topological polar surface area (TPSA) is 116 Å². The van der Waals surface area contributed by atoms with Crippen molar-refractivity contribution in [3.63, 3.8) is 0 Å². The SMILES string of the molecule is CC(=O)N[C@@H](Cc1cnc[nH]1)C(=O)N(CC(=O)NCC(C)(C)c1ccccc1)Cc1ccc(OCc2ccccc2)cc1. The fourth-order valence-corrected chi connectivity index (χ4v) is 4.69. The molecule has 3 amide bonds. The first-order chi connectivity index (χ1) is 20.7. The zero-order valence-corrected chi connectivity index (χ0v) is 24.9. The number of benzene rings is 3. The summed E-state index contributed by atoms with van der Waals surface area (Å²) in [4.78, 5) is 47.6. The standard InChI is InChI=1S/C34H39N5O4/c1-25(40)38-31(18-29-19-35-24-37-29)33(42)39(21-32(41)36-23-34(2,3)28-12-8-5-9-13-28)20-26-14-16-30(17-15-26)43-22-27-10-6-4-7-11-27/h4-17,19,24,31H,18,20-23H2,1-3H3,(H,35,37)(H,36,41)(H,38,40)/t31-/m0/s1. The summed E-state index contributed by atoms with van der Waals surface area (Å²) in [7, 11) is 0. The van der Waals surface area contributed by atoms with Crippen molar-refractivity contribution in [3.05, 3.63) is 120 Å². The molecule has 0 spiro atoms. The molecule has 0 bridgehead atoms. The molecule has 9 heteroatoms. The van der Waals surface area contributed by atoms with E-state index in [0.717, 1.165) is 16.7 Å². The number of carbonyl (C=O) groups excluding carboxylic acids is 3. The molecule has 0 aliphatic heterocycles. The van der Waals surface area contributed by atoms with Gasteiger partial charge in [-0.15, -0.1) is 0 Å². The van der Waals surface area contributed by atoms with E-state index in [1.165, 1.54) is 18.2 Å². The number of hydrogen-bond donors (Lipinski definition) is 3. The highest BCUT2D eigenvalue weighted by Gasteiger charge is 2.28. The minimum absolute atomic E-state index is 0.172. The average molecular weight is 582 g/mol. The maximum Gasteiger partial charge on any atom is 0.246 e. The number of nitrogens with one attached hydrogen (secondary N) is 3. The van der Waals surface area contributed by atoms with Gasteiger partial charge in [0, 0.05) is 43.7 Å². The molecule has 3 aromatic carbocycles. The lowest BCUT2D eigenvalue weighted by molar-refractivity contribution is -0.139. The Morgan fingerprint density at radius 2 is 1.60 bits per heavy atom. The Bertz CT molecular complexity index is 1460. The van der Waals surface area contributed by atoms with Crippen LogP contribution in [0.3, 0.4) is 0 Å². The van der Waals surface area contributed by atoms with Gasteiger partial charge in [-0.3, -0.25) is 14.4 Å². The van der Waals surface area contributed by atoms with Crippen molar-refractivity contribution in [1.82, 2.24) is 25.5 Å². The highest BCUT2D eigenvalue weighted by Crippen LogP contribution is 2.22. The highest BCUT2D eigenvalue weighted by molar-refractivity contribution is 5.90. The average Bonchev–Trinajstić information content (AvgIpc) is 3.53. The first-order valence-electron chi connectivity index (χ1n) is 14.3. The molecular weight excluding hydrogens is 542 g/mol. The number of imidazole rings is 1. The number of carbonyl (C=O) groups is 3. The maximum atomic E-state index is 13.9. The van der Waals surface area contributed by atoms with Gasteiger partial charge in [-0.2, -0.15) is 0 Å². The number of amides is 3. The lowest BCUT2D eigenvalue weighted by Crippen LogP contribution is -2.52. The number of hydrogen-bond acceptors (Lipinski definition) is 5. The molecule has 4 rings (SSSR count). The third kappa shape index (κ3) is 9.56. The molecule has 0 aliphatic carbocycles. The molecule has 1 atom stereocenters. The first kappa shape index (κ1) is 31.0. The fourth-order valence-electron chi connectivity index (χ4n) is 4.69. The van der Waals surface area contributed by atoms with Crippen molar-refractivity contribution in [1.29, 1.82) is 0 Å². The van der Waals surface area contributed by atoms with Gasteiger partial charge in [-0.25, -0.2) is 4.98 Å². The van der Waals surface area contributed by atoms with E-state index in [1.807, 2.05) is 84.9 Å². The second kappa shape index (κ2) is 14.8. The summed E-state index contributed by atoms with van der Waals surface area (Å²) in [5.41, 5.74) is 3.37. The van der Waals surface area contributed by atoms with Crippen molar-refractivity contribution in [2.75, 3.05) is 13.1 Å². The van der Waals surface area contributed by atoms with Crippen LogP contribution in [-0.2, 0) is 39.4 Å². The van der Waals surface area contributed by atoms with Crippen LogP contribution in [0.5, 0.6) is 5.75 Å². The summed E-state index contributed by atoms with van der Waals surface area (Å²) >= 11 is 0. The second-order valence-corrected chi connectivity index (χ2v) is 11.2. The number of ether oxygens (including phenoxy) is 1. The minimum atomic E-state index is -0.875. The zero-order chi connectivity index (χ0) is 30.7. The maximum absolute atomic E-state index is 13.9. The molecule has 3 N–H and O–H groups in total.